The Hall–Kier alpha value is -1.66. The lowest BCUT2D eigenvalue weighted by Crippen LogP contribution is -2.49. The number of nitrogens with zero attached hydrogens (tertiary/aromatic N) is 1. The summed E-state index contributed by atoms with van der Waals surface area (Å²) in [6.45, 7) is 2.94. The van der Waals surface area contributed by atoms with Crippen LogP contribution in [-0.4, -0.2) is 44.0 Å². The van der Waals surface area contributed by atoms with Gasteiger partial charge in [-0.05, 0) is 25.3 Å². The molecule has 0 aromatic heterocycles. The fourth-order valence-electron chi connectivity index (χ4n) is 2.63. The van der Waals surface area contributed by atoms with Gasteiger partial charge in [0.2, 0.25) is 15.9 Å². The summed E-state index contributed by atoms with van der Waals surface area (Å²) in [6, 6.07) is 7.98. The van der Waals surface area contributed by atoms with Crippen LogP contribution < -0.4 is 5.32 Å². The summed E-state index contributed by atoms with van der Waals surface area (Å²) in [6.07, 6.45) is 6.85. The molecular weight excluding hydrogens is 312 g/mol. The van der Waals surface area contributed by atoms with E-state index in [1.807, 2.05) is 43.3 Å². The summed E-state index contributed by atoms with van der Waals surface area (Å²) in [5.74, 6) is -0.0753. The lowest BCUT2D eigenvalue weighted by molar-refractivity contribution is -0.121. The van der Waals surface area contributed by atoms with E-state index in [2.05, 4.69) is 5.32 Å². The number of piperidine rings is 1. The Labute approximate surface area is 138 Å². The number of hydrogen-bond acceptors (Lipinski definition) is 3. The first-order valence-corrected chi connectivity index (χ1v) is 9.67. The van der Waals surface area contributed by atoms with Gasteiger partial charge in [0.25, 0.3) is 0 Å². The number of carbonyl (C=O) groups is 1. The van der Waals surface area contributed by atoms with E-state index in [1.165, 1.54) is 16.1 Å². The van der Waals surface area contributed by atoms with E-state index < -0.39 is 10.0 Å². The Balaban J connectivity index is 1.81. The van der Waals surface area contributed by atoms with Gasteiger partial charge in [-0.3, -0.25) is 4.79 Å². The van der Waals surface area contributed by atoms with E-state index in [-0.39, 0.29) is 11.9 Å². The fraction of sp³-hybridized carbons (Fsp3) is 0.471. The predicted molar refractivity (Wildman–Crippen MR) is 92.4 cm³/mol. The number of benzene rings is 1. The molecule has 23 heavy (non-hydrogen) atoms. The van der Waals surface area contributed by atoms with E-state index in [1.54, 1.807) is 0 Å². The highest BCUT2D eigenvalue weighted by atomic mass is 32.2. The van der Waals surface area contributed by atoms with Crippen molar-refractivity contribution in [3.63, 3.8) is 0 Å². The average molecular weight is 336 g/mol. The minimum Gasteiger partial charge on any atom is -0.352 e. The Morgan fingerprint density at radius 1 is 1.35 bits per heavy atom. The molecule has 1 unspecified atom stereocenters. The first kappa shape index (κ1) is 17.7. The van der Waals surface area contributed by atoms with Crippen molar-refractivity contribution >= 4 is 22.0 Å². The van der Waals surface area contributed by atoms with Crippen molar-refractivity contribution in [1.29, 1.82) is 0 Å². The maximum atomic E-state index is 12.0. The molecule has 0 spiro atoms. The van der Waals surface area contributed by atoms with Gasteiger partial charge in [-0.15, -0.1) is 0 Å². The van der Waals surface area contributed by atoms with Crippen LogP contribution in [0.4, 0.5) is 0 Å². The van der Waals surface area contributed by atoms with Crippen LogP contribution in [0.2, 0.25) is 0 Å². The van der Waals surface area contributed by atoms with E-state index in [4.69, 9.17) is 0 Å². The van der Waals surface area contributed by atoms with Gasteiger partial charge in [-0.2, -0.15) is 0 Å². The first-order valence-electron chi connectivity index (χ1n) is 7.82. The zero-order valence-corrected chi connectivity index (χ0v) is 14.5. The number of amides is 1. The molecule has 1 fully saturated rings. The largest absolute Gasteiger partial charge is 0.352 e. The van der Waals surface area contributed by atoms with Crippen molar-refractivity contribution in [2.75, 3.05) is 19.3 Å². The van der Waals surface area contributed by atoms with Crippen LogP contribution in [0.15, 0.2) is 30.3 Å². The molecule has 0 aliphatic carbocycles. The number of nitrogens with one attached hydrogen (secondary N) is 1. The third kappa shape index (κ3) is 5.80. The Morgan fingerprint density at radius 3 is 2.70 bits per heavy atom. The number of aryl methyl sites for hydroxylation is 1. The first-order chi connectivity index (χ1) is 10.8. The maximum absolute atomic E-state index is 12.0. The molecule has 0 saturated carbocycles. The monoisotopic (exact) mass is 336 g/mol. The highest BCUT2D eigenvalue weighted by molar-refractivity contribution is 7.88. The van der Waals surface area contributed by atoms with Crippen LogP contribution in [-0.2, 0) is 14.8 Å². The standard InChI is InChI=1S/C17H24N2O3S/c1-14-8-10-15(11-9-14)5-3-7-17(20)18-16-6-4-12-19(13-16)23(2,21)22/h3,5,8-11,16H,4,6-7,12-13H2,1-2H3,(H,18,20). The summed E-state index contributed by atoms with van der Waals surface area (Å²) in [7, 11) is -3.18. The van der Waals surface area contributed by atoms with Crippen molar-refractivity contribution in [1.82, 2.24) is 9.62 Å². The second kappa shape index (κ2) is 7.75. The Bertz CT molecular complexity index is 666. The van der Waals surface area contributed by atoms with Crippen LogP contribution in [0.25, 0.3) is 6.08 Å². The summed E-state index contributed by atoms with van der Waals surface area (Å²) in [5.41, 5.74) is 2.26. The SMILES string of the molecule is Cc1ccc(C=CCC(=O)NC2CCCN(S(C)(=O)=O)C2)cc1. The maximum Gasteiger partial charge on any atom is 0.224 e. The highest BCUT2D eigenvalue weighted by Gasteiger charge is 2.26. The topological polar surface area (TPSA) is 66.5 Å². The summed E-state index contributed by atoms with van der Waals surface area (Å²) < 4.78 is 24.6. The van der Waals surface area contributed by atoms with Crippen molar-refractivity contribution in [3.05, 3.63) is 41.5 Å². The second-order valence-corrected chi connectivity index (χ2v) is 8.03. The van der Waals surface area contributed by atoms with E-state index in [9.17, 15) is 13.2 Å². The smallest absolute Gasteiger partial charge is 0.224 e. The molecule has 0 radical (unpaired) electrons. The second-order valence-electron chi connectivity index (χ2n) is 6.04. The number of carbonyl (C=O) groups excluding carboxylic acids is 1. The molecule has 1 atom stereocenters. The summed E-state index contributed by atoms with van der Waals surface area (Å²) in [5, 5.41) is 2.92. The molecule has 1 aromatic carbocycles. The molecule has 1 saturated heterocycles. The molecule has 1 heterocycles. The van der Waals surface area contributed by atoms with Gasteiger partial charge in [0, 0.05) is 25.6 Å². The summed E-state index contributed by atoms with van der Waals surface area (Å²) in [4.78, 5) is 12.0. The van der Waals surface area contributed by atoms with Gasteiger partial charge < -0.3 is 5.32 Å². The lowest BCUT2D eigenvalue weighted by atomic mass is 10.1. The number of hydrogen-bond donors (Lipinski definition) is 1. The quantitative estimate of drug-likeness (QED) is 0.893. The van der Waals surface area contributed by atoms with Gasteiger partial charge in [-0.1, -0.05) is 42.0 Å². The van der Waals surface area contributed by atoms with Crippen LogP contribution in [0, 0.1) is 6.92 Å². The molecule has 1 amide bonds. The minimum absolute atomic E-state index is 0.0753. The van der Waals surface area contributed by atoms with Crippen LogP contribution in [0.3, 0.4) is 0 Å². The molecule has 5 nitrogen and oxygen atoms in total. The third-order valence-electron chi connectivity index (χ3n) is 3.91. The van der Waals surface area contributed by atoms with E-state index in [0.717, 1.165) is 18.4 Å². The fourth-order valence-corrected chi connectivity index (χ4v) is 3.54. The number of rotatable bonds is 5. The third-order valence-corrected chi connectivity index (χ3v) is 5.18. The van der Waals surface area contributed by atoms with Gasteiger partial charge in [0.05, 0.1) is 6.26 Å². The molecule has 1 aliphatic heterocycles. The molecule has 126 valence electrons. The Morgan fingerprint density at radius 2 is 2.04 bits per heavy atom. The summed E-state index contributed by atoms with van der Waals surface area (Å²) >= 11 is 0. The van der Waals surface area contributed by atoms with E-state index in [0.29, 0.717) is 19.5 Å². The number of sulfonamides is 1. The zero-order chi connectivity index (χ0) is 16.9. The lowest BCUT2D eigenvalue weighted by Gasteiger charge is -2.31. The molecule has 6 heteroatoms. The van der Waals surface area contributed by atoms with Crippen molar-refractivity contribution in [3.8, 4) is 0 Å². The molecule has 1 aliphatic rings. The normalized spacial score (nSPS) is 19.8. The van der Waals surface area contributed by atoms with Crippen LogP contribution >= 0.6 is 0 Å². The van der Waals surface area contributed by atoms with Crippen molar-refractivity contribution < 1.29 is 13.2 Å². The van der Waals surface area contributed by atoms with Crippen molar-refractivity contribution in [2.45, 2.75) is 32.2 Å². The zero-order valence-electron chi connectivity index (χ0n) is 13.7. The van der Waals surface area contributed by atoms with Gasteiger partial charge in [-0.25, -0.2) is 12.7 Å². The molecule has 0 bridgehead atoms. The molecule has 1 aromatic rings. The van der Waals surface area contributed by atoms with Gasteiger partial charge >= 0.3 is 0 Å². The predicted octanol–water partition coefficient (Wildman–Crippen LogP) is 1.94. The highest BCUT2D eigenvalue weighted by Crippen LogP contribution is 2.13. The average Bonchev–Trinajstić information content (AvgIpc) is 2.49. The minimum atomic E-state index is -3.18. The van der Waals surface area contributed by atoms with Crippen molar-refractivity contribution in [2.24, 2.45) is 0 Å². The molecule has 2 rings (SSSR count). The Kier molecular flexibility index (Phi) is 5.96. The van der Waals surface area contributed by atoms with E-state index >= 15 is 0 Å². The van der Waals surface area contributed by atoms with Gasteiger partial charge in [0.15, 0.2) is 0 Å². The molecular formula is C17H24N2O3S. The van der Waals surface area contributed by atoms with Gasteiger partial charge in [0.1, 0.15) is 0 Å². The van der Waals surface area contributed by atoms with Crippen LogP contribution in [0.1, 0.15) is 30.4 Å². The van der Waals surface area contributed by atoms with Crippen LogP contribution in [0.5, 0.6) is 0 Å². The molecule has 1 N–H and O–H groups in total.